The number of hydrogen-bond acceptors (Lipinski definition) is 2. The summed E-state index contributed by atoms with van der Waals surface area (Å²) in [7, 11) is 0. The van der Waals surface area contributed by atoms with Gasteiger partial charge >= 0.3 is 5.97 Å². The molecule has 1 aliphatic carbocycles. The number of rotatable bonds is 7. The Morgan fingerprint density at radius 3 is 2.32 bits per heavy atom. The number of fused-ring (bicyclic) bond motifs is 1. The smallest absolute Gasteiger partial charge is 0.328 e. The van der Waals surface area contributed by atoms with Crippen LogP contribution in [-0.4, -0.2) is 17.7 Å². The van der Waals surface area contributed by atoms with E-state index in [9.17, 15) is 4.79 Å². The van der Waals surface area contributed by atoms with Crippen LogP contribution in [-0.2, 0) is 15.6 Å². The molecule has 0 atom stereocenters. The lowest BCUT2D eigenvalue weighted by Crippen LogP contribution is -2.34. The van der Waals surface area contributed by atoms with Gasteiger partial charge in [0.15, 0.2) is 0 Å². The van der Waals surface area contributed by atoms with Gasteiger partial charge in [0, 0.05) is 11.6 Å². The van der Waals surface area contributed by atoms with Crippen LogP contribution in [0.15, 0.2) is 54.7 Å². The zero-order chi connectivity index (χ0) is 20.9. The molecule has 0 saturated carbocycles. The van der Waals surface area contributed by atoms with E-state index in [4.69, 9.17) is 9.84 Å². The summed E-state index contributed by atoms with van der Waals surface area (Å²) in [6, 6.07) is 4.44. The first-order valence-electron chi connectivity index (χ1n) is 9.75. The van der Waals surface area contributed by atoms with Gasteiger partial charge in [-0.3, -0.25) is 0 Å². The van der Waals surface area contributed by atoms with Crippen LogP contribution in [0.5, 0.6) is 5.75 Å². The van der Waals surface area contributed by atoms with Crippen molar-refractivity contribution >= 4 is 12.0 Å². The van der Waals surface area contributed by atoms with E-state index in [2.05, 4.69) is 46.4 Å². The zero-order valence-corrected chi connectivity index (χ0v) is 17.7. The van der Waals surface area contributed by atoms with Crippen LogP contribution in [0.2, 0.25) is 0 Å². The molecule has 2 rings (SSSR count). The van der Waals surface area contributed by atoms with Crippen LogP contribution in [0.1, 0.15) is 64.2 Å². The number of ether oxygens (including phenoxy) is 1. The van der Waals surface area contributed by atoms with Gasteiger partial charge in [0.25, 0.3) is 0 Å². The second kappa shape index (κ2) is 8.64. The number of carboxylic acid groups (broad SMARTS) is 1. The fraction of sp³-hybridized carbons (Fsp3) is 0.400. The Morgan fingerprint density at radius 1 is 1.14 bits per heavy atom. The standard InChI is InChI=1S/C25H32O3/c1-7-14-28-22-17-21-20(24(3,4)12-13-25(21,5)6)16-19(22)11-9-8-10-18(2)15-23(26)27/h7-11,15-17H,1,12-14H2,2-6H3,(H,26,27). The van der Waals surface area contributed by atoms with Crippen molar-refractivity contribution in [2.75, 3.05) is 6.61 Å². The molecule has 1 aromatic carbocycles. The topological polar surface area (TPSA) is 46.5 Å². The second-order valence-electron chi connectivity index (χ2n) is 8.75. The van der Waals surface area contributed by atoms with Gasteiger partial charge in [-0.05, 0) is 59.4 Å². The van der Waals surface area contributed by atoms with E-state index in [0.717, 1.165) is 24.2 Å². The highest BCUT2D eigenvalue weighted by molar-refractivity contribution is 5.81. The van der Waals surface area contributed by atoms with Crippen molar-refractivity contribution in [3.05, 3.63) is 71.4 Å². The van der Waals surface area contributed by atoms with Gasteiger partial charge in [0.1, 0.15) is 12.4 Å². The summed E-state index contributed by atoms with van der Waals surface area (Å²) in [5, 5.41) is 8.79. The maximum Gasteiger partial charge on any atom is 0.328 e. The van der Waals surface area contributed by atoms with Crippen molar-refractivity contribution in [1.82, 2.24) is 0 Å². The molecule has 0 radical (unpaired) electrons. The van der Waals surface area contributed by atoms with Gasteiger partial charge in [-0.25, -0.2) is 4.79 Å². The molecule has 3 heteroatoms. The van der Waals surface area contributed by atoms with Gasteiger partial charge < -0.3 is 9.84 Å². The highest BCUT2D eigenvalue weighted by Gasteiger charge is 2.37. The van der Waals surface area contributed by atoms with E-state index >= 15 is 0 Å². The number of hydrogen-bond donors (Lipinski definition) is 1. The lowest BCUT2D eigenvalue weighted by molar-refractivity contribution is -0.131. The Bertz CT molecular complexity index is 836. The molecule has 0 saturated heterocycles. The van der Waals surface area contributed by atoms with Crippen LogP contribution in [0.4, 0.5) is 0 Å². The van der Waals surface area contributed by atoms with Crippen LogP contribution in [0.3, 0.4) is 0 Å². The first-order valence-corrected chi connectivity index (χ1v) is 9.75. The second-order valence-corrected chi connectivity index (χ2v) is 8.75. The van der Waals surface area contributed by atoms with Crippen LogP contribution < -0.4 is 4.74 Å². The molecule has 1 aromatic rings. The van der Waals surface area contributed by atoms with E-state index in [1.165, 1.54) is 17.2 Å². The Balaban J connectivity index is 2.45. The number of aliphatic carboxylic acids is 1. The van der Waals surface area contributed by atoms with Crippen molar-refractivity contribution < 1.29 is 14.6 Å². The van der Waals surface area contributed by atoms with Crippen LogP contribution in [0.25, 0.3) is 6.08 Å². The summed E-state index contributed by atoms with van der Waals surface area (Å²) < 4.78 is 5.96. The Labute approximate surface area is 169 Å². The number of benzene rings is 1. The Morgan fingerprint density at radius 2 is 1.75 bits per heavy atom. The molecule has 0 heterocycles. The maximum absolute atomic E-state index is 10.7. The highest BCUT2D eigenvalue weighted by atomic mass is 16.5. The Hall–Kier alpha value is -2.55. The van der Waals surface area contributed by atoms with Gasteiger partial charge in [-0.15, -0.1) is 0 Å². The first-order chi connectivity index (χ1) is 13.1. The summed E-state index contributed by atoms with van der Waals surface area (Å²) in [5.41, 5.74) is 4.69. The number of allylic oxidation sites excluding steroid dienone is 4. The third-order valence-corrected chi connectivity index (χ3v) is 5.44. The monoisotopic (exact) mass is 380 g/mol. The largest absolute Gasteiger partial charge is 0.489 e. The van der Waals surface area contributed by atoms with Crippen molar-refractivity contribution in [3.63, 3.8) is 0 Å². The molecular weight excluding hydrogens is 348 g/mol. The van der Waals surface area contributed by atoms with Crippen molar-refractivity contribution in [3.8, 4) is 5.75 Å². The lowest BCUT2D eigenvalue weighted by atomic mass is 9.63. The van der Waals surface area contributed by atoms with E-state index in [1.807, 2.05) is 18.2 Å². The molecule has 1 aliphatic rings. The van der Waals surface area contributed by atoms with Crippen molar-refractivity contribution in [2.45, 2.75) is 58.3 Å². The highest BCUT2D eigenvalue weighted by Crippen LogP contribution is 2.47. The molecule has 0 aliphatic heterocycles. The molecule has 0 bridgehead atoms. The number of carbonyl (C=O) groups is 1. The van der Waals surface area contributed by atoms with Crippen molar-refractivity contribution in [1.29, 1.82) is 0 Å². The average Bonchev–Trinajstić information content (AvgIpc) is 2.60. The summed E-state index contributed by atoms with van der Waals surface area (Å²) in [6.07, 6.45) is 12.8. The molecule has 28 heavy (non-hydrogen) atoms. The fourth-order valence-electron chi connectivity index (χ4n) is 3.62. The average molecular weight is 381 g/mol. The van der Waals surface area contributed by atoms with Crippen LogP contribution >= 0.6 is 0 Å². The molecule has 0 amide bonds. The molecule has 0 unspecified atom stereocenters. The van der Waals surface area contributed by atoms with E-state index in [0.29, 0.717) is 12.2 Å². The third-order valence-electron chi connectivity index (χ3n) is 5.44. The Kier molecular flexibility index (Phi) is 6.71. The van der Waals surface area contributed by atoms with Crippen molar-refractivity contribution in [2.24, 2.45) is 0 Å². The molecule has 0 aromatic heterocycles. The maximum atomic E-state index is 10.7. The van der Waals surface area contributed by atoms with Gasteiger partial charge in [0.05, 0.1) is 0 Å². The molecule has 0 spiro atoms. The minimum atomic E-state index is -0.939. The SMILES string of the molecule is C=CCOc1cc2c(cc1C=CC=CC(C)=CC(=O)O)C(C)(C)CCC2(C)C. The summed E-state index contributed by atoms with van der Waals surface area (Å²) in [5.74, 6) is -0.0855. The lowest BCUT2D eigenvalue weighted by Gasteiger charge is -2.42. The molecule has 150 valence electrons. The van der Waals surface area contributed by atoms with E-state index in [-0.39, 0.29) is 10.8 Å². The fourth-order valence-corrected chi connectivity index (χ4v) is 3.62. The minimum Gasteiger partial charge on any atom is -0.489 e. The van der Waals surface area contributed by atoms with Gasteiger partial charge in [0.2, 0.25) is 0 Å². The molecule has 1 N–H and O–H groups in total. The third kappa shape index (κ3) is 5.25. The normalized spacial score (nSPS) is 18.2. The molecular formula is C25H32O3. The summed E-state index contributed by atoms with van der Waals surface area (Å²) >= 11 is 0. The summed E-state index contributed by atoms with van der Waals surface area (Å²) in [6.45, 7) is 15.2. The van der Waals surface area contributed by atoms with Gasteiger partial charge in [-0.1, -0.05) is 64.7 Å². The molecule has 3 nitrogen and oxygen atoms in total. The van der Waals surface area contributed by atoms with Gasteiger partial charge in [-0.2, -0.15) is 0 Å². The predicted molar refractivity (Wildman–Crippen MR) is 117 cm³/mol. The van der Waals surface area contributed by atoms with Crippen LogP contribution in [0, 0.1) is 0 Å². The summed E-state index contributed by atoms with van der Waals surface area (Å²) in [4.78, 5) is 10.7. The quantitative estimate of drug-likeness (QED) is 0.348. The zero-order valence-electron chi connectivity index (χ0n) is 17.7. The van der Waals surface area contributed by atoms with E-state index in [1.54, 1.807) is 19.1 Å². The predicted octanol–water partition coefficient (Wildman–Crippen LogP) is 6.20. The minimum absolute atomic E-state index is 0.123. The van der Waals surface area contributed by atoms with E-state index < -0.39 is 5.97 Å². The molecule has 0 fully saturated rings. The first kappa shape index (κ1) is 21.7. The number of carboxylic acids is 1.